The molecule has 0 spiro atoms. The van der Waals surface area contributed by atoms with Crippen molar-refractivity contribution in [3.05, 3.63) is 42.0 Å². The lowest BCUT2D eigenvalue weighted by molar-refractivity contribution is -0.119. The van der Waals surface area contributed by atoms with Crippen LogP contribution in [0.25, 0.3) is 16.2 Å². The Bertz CT molecular complexity index is 719. The molecule has 0 aliphatic rings. The van der Waals surface area contributed by atoms with E-state index in [0.717, 1.165) is 21.9 Å². The van der Waals surface area contributed by atoms with Crippen LogP contribution in [0.5, 0.6) is 0 Å². The number of amides is 1. The zero-order chi connectivity index (χ0) is 13.9. The first kappa shape index (κ1) is 12.8. The fourth-order valence-corrected chi connectivity index (χ4v) is 2.65. The van der Waals surface area contributed by atoms with E-state index in [1.807, 2.05) is 46.4 Å². The molecule has 0 saturated heterocycles. The van der Waals surface area contributed by atoms with Crippen molar-refractivity contribution in [2.75, 3.05) is 19.0 Å². The summed E-state index contributed by atoms with van der Waals surface area (Å²) in [4.78, 5) is 17.0. The number of hydrogen-bond acceptors (Lipinski definition) is 4. The van der Waals surface area contributed by atoms with Gasteiger partial charge in [-0.3, -0.25) is 9.20 Å². The van der Waals surface area contributed by atoms with Gasteiger partial charge in [-0.15, -0.1) is 11.3 Å². The number of thiazole rings is 1. The Morgan fingerprint density at radius 2 is 2.40 bits per heavy atom. The van der Waals surface area contributed by atoms with Gasteiger partial charge in [0, 0.05) is 36.1 Å². The predicted molar refractivity (Wildman–Crippen MR) is 79.0 cm³/mol. The molecule has 0 radical (unpaired) electrons. The lowest BCUT2D eigenvalue weighted by Crippen LogP contribution is -2.16. The first-order chi connectivity index (χ1) is 9.76. The van der Waals surface area contributed by atoms with E-state index >= 15 is 0 Å². The lowest BCUT2D eigenvalue weighted by Gasteiger charge is -2.05. The van der Waals surface area contributed by atoms with Gasteiger partial charge in [0.15, 0.2) is 4.96 Å². The highest BCUT2D eigenvalue weighted by Gasteiger charge is 2.07. The molecule has 0 aliphatic carbocycles. The normalized spacial score (nSPS) is 10.8. The minimum Gasteiger partial charge on any atom is -0.375 e. The van der Waals surface area contributed by atoms with Gasteiger partial charge >= 0.3 is 0 Å². The number of fused-ring (bicyclic) bond motifs is 1. The van der Waals surface area contributed by atoms with Crippen LogP contribution in [-0.4, -0.2) is 29.0 Å². The van der Waals surface area contributed by atoms with Gasteiger partial charge in [0.25, 0.3) is 0 Å². The first-order valence-electron chi connectivity index (χ1n) is 6.08. The van der Waals surface area contributed by atoms with E-state index in [-0.39, 0.29) is 12.5 Å². The van der Waals surface area contributed by atoms with Crippen LogP contribution in [0.4, 0.5) is 5.69 Å². The topological polar surface area (TPSA) is 55.6 Å². The lowest BCUT2D eigenvalue weighted by atomic mass is 10.1. The van der Waals surface area contributed by atoms with Gasteiger partial charge in [0.1, 0.15) is 6.61 Å². The summed E-state index contributed by atoms with van der Waals surface area (Å²) in [6, 6.07) is 7.61. The number of anilines is 1. The fourth-order valence-electron chi connectivity index (χ4n) is 1.95. The van der Waals surface area contributed by atoms with Crippen LogP contribution in [-0.2, 0) is 9.53 Å². The minimum atomic E-state index is -0.171. The predicted octanol–water partition coefficient (Wildman–Crippen LogP) is 2.65. The van der Waals surface area contributed by atoms with E-state index in [1.54, 1.807) is 11.3 Å². The highest BCUT2D eigenvalue weighted by Crippen LogP contribution is 2.23. The molecule has 5 nitrogen and oxygen atoms in total. The third kappa shape index (κ3) is 2.56. The molecular formula is C14H13N3O2S. The summed E-state index contributed by atoms with van der Waals surface area (Å²) in [5, 5.41) is 4.78. The van der Waals surface area contributed by atoms with Crippen molar-refractivity contribution in [1.82, 2.24) is 9.38 Å². The summed E-state index contributed by atoms with van der Waals surface area (Å²) in [6.45, 7) is 0.0461. The van der Waals surface area contributed by atoms with E-state index < -0.39 is 0 Å². The minimum absolute atomic E-state index is 0.0461. The van der Waals surface area contributed by atoms with Crippen LogP contribution < -0.4 is 5.32 Å². The molecule has 0 fully saturated rings. The molecular weight excluding hydrogens is 274 g/mol. The Hall–Kier alpha value is -2.18. The number of nitrogens with zero attached hydrogens (tertiary/aromatic N) is 2. The summed E-state index contributed by atoms with van der Waals surface area (Å²) < 4.78 is 6.78. The van der Waals surface area contributed by atoms with Gasteiger partial charge in [-0.05, 0) is 12.1 Å². The molecule has 3 rings (SSSR count). The number of ether oxygens (including phenoxy) is 1. The number of imidazole rings is 1. The maximum absolute atomic E-state index is 11.5. The summed E-state index contributed by atoms with van der Waals surface area (Å²) in [5.74, 6) is -0.171. The molecule has 1 N–H and O–H groups in total. The molecule has 2 heterocycles. The molecule has 6 heteroatoms. The monoisotopic (exact) mass is 287 g/mol. The molecule has 102 valence electrons. The van der Waals surface area contributed by atoms with Gasteiger partial charge in [-0.25, -0.2) is 4.98 Å². The molecule has 0 atom stereocenters. The van der Waals surface area contributed by atoms with Gasteiger partial charge in [0.2, 0.25) is 5.91 Å². The molecule has 0 bridgehead atoms. The quantitative estimate of drug-likeness (QED) is 0.802. The van der Waals surface area contributed by atoms with Crippen molar-refractivity contribution in [1.29, 1.82) is 0 Å². The average Bonchev–Trinajstić information content (AvgIpc) is 2.99. The number of methoxy groups -OCH3 is 1. The Morgan fingerprint density at radius 1 is 1.50 bits per heavy atom. The highest BCUT2D eigenvalue weighted by molar-refractivity contribution is 7.15. The molecule has 0 unspecified atom stereocenters. The van der Waals surface area contributed by atoms with Crippen molar-refractivity contribution < 1.29 is 9.53 Å². The van der Waals surface area contributed by atoms with Crippen LogP contribution in [0.1, 0.15) is 0 Å². The zero-order valence-corrected chi connectivity index (χ0v) is 11.7. The Balaban J connectivity index is 1.87. The van der Waals surface area contributed by atoms with Gasteiger partial charge in [0.05, 0.1) is 5.69 Å². The van der Waals surface area contributed by atoms with Crippen molar-refractivity contribution in [3.63, 3.8) is 0 Å². The second-order valence-corrected chi connectivity index (χ2v) is 5.15. The Kier molecular flexibility index (Phi) is 3.49. The molecule has 0 saturated carbocycles. The fraction of sp³-hybridized carbons (Fsp3) is 0.143. The second kappa shape index (κ2) is 5.44. The van der Waals surface area contributed by atoms with Crippen LogP contribution in [0, 0.1) is 0 Å². The van der Waals surface area contributed by atoms with Crippen molar-refractivity contribution >= 4 is 27.9 Å². The van der Waals surface area contributed by atoms with Crippen LogP contribution in [0.15, 0.2) is 42.0 Å². The Labute approximate surface area is 119 Å². The van der Waals surface area contributed by atoms with E-state index in [1.165, 1.54) is 7.11 Å². The van der Waals surface area contributed by atoms with E-state index in [0.29, 0.717) is 0 Å². The summed E-state index contributed by atoms with van der Waals surface area (Å²) in [5.41, 5.74) is 2.59. The molecule has 1 aromatic carbocycles. The number of nitrogens with one attached hydrogen (secondary N) is 1. The number of carbonyl (C=O) groups is 1. The van der Waals surface area contributed by atoms with Crippen molar-refractivity contribution in [2.45, 2.75) is 0 Å². The zero-order valence-electron chi connectivity index (χ0n) is 10.9. The number of hydrogen-bond donors (Lipinski definition) is 1. The number of carbonyl (C=O) groups excluding carboxylic acids is 1. The molecule has 20 heavy (non-hydrogen) atoms. The van der Waals surface area contributed by atoms with E-state index in [4.69, 9.17) is 4.74 Å². The summed E-state index contributed by atoms with van der Waals surface area (Å²) in [6.07, 6.45) is 3.95. The molecule has 3 aromatic rings. The maximum atomic E-state index is 11.5. The van der Waals surface area contributed by atoms with Crippen LogP contribution in [0.2, 0.25) is 0 Å². The average molecular weight is 287 g/mol. The first-order valence-corrected chi connectivity index (χ1v) is 6.95. The molecule has 1 amide bonds. The van der Waals surface area contributed by atoms with Crippen LogP contribution in [0.3, 0.4) is 0 Å². The van der Waals surface area contributed by atoms with Gasteiger partial charge < -0.3 is 10.1 Å². The Morgan fingerprint density at radius 3 is 3.20 bits per heavy atom. The highest BCUT2D eigenvalue weighted by atomic mass is 32.1. The van der Waals surface area contributed by atoms with Gasteiger partial charge in [-0.1, -0.05) is 12.1 Å². The standard InChI is InChI=1S/C14H13N3O2S/c1-19-9-13(18)15-11-4-2-3-10(7-11)12-8-17-5-6-20-14(17)16-12/h2-8H,9H2,1H3,(H,15,18). The summed E-state index contributed by atoms with van der Waals surface area (Å²) >= 11 is 1.59. The smallest absolute Gasteiger partial charge is 0.250 e. The number of aromatic nitrogens is 2. The second-order valence-electron chi connectivity index (χ2n) is 4.28. The van der Waals surface area contributed by atoms with Gasteiger partial charge in [-0.2, -0.15) is 0 Å². The number of rotatable bonds is 4. The van der Waals surface area contributed by atoms with Crippen molar-refractivity contribution in [2.24, 2.45) is 0 Å². The van der Waals surface area contributed by atoms with E-state index in [9.17, 15) is 4.79 Å². The maximum Gasteiger partial charge on any atom is 0.250 e. The van der Waals surface area contributed by atoms with Crippen LogP contribution >= 0.6 is 11.3 Å². The molecule has 2 aromatic heterocycles. The van der Waals surface area contributed by atoms with E-state index in [2.05, 4.69) is 10.3 Å². The third-order valence-electron chi connectivity index (χ3n) is 2.81. The third-order valence-corrected chi connectivity index (χ3v) is 3.58. The largest absolute Gasteiger partial charge is 0.375 e. The SMILES string of the molecule is COCC(=O)Nc1cccc(-c2cn3ccsc3n2)c1. The summed E-state index contributed by atoms with van der Waals surface area (Å²) in [7, 11) is 1.49. The molecule has 0 aliphatic heterocycles. The number of benzene rings is 1. The van der Waals surface area contributed by atoms with Crippen molar-refractivity contribution in [3.8, 4) is 11.3 Å².